The van der Waals surface area contributed by atoms with E-state index in [9.17, 15) is 22.8 Å². The van der Waals surface area contributed by atoms with Gasteiger partial charge in [0.2, 0.25) is 5.91 Å². The summed E-state index contributed by atoms with van der Waals surface area (Å²) in [5, 5.41) is 3.39. The summed E-state index contributed by atoms with van der Waals surface area (Å²) in [6, 6.07) is 5.30. The summed E-state index contributed by atoms with van der Waals surface area (Å²) in [5.41, 5.74) is 1.98. The zero-order valence-corrected chi connectivity index (χ0v) is 23.5. The number of thiophene rings is 1. The van der Waals surface area contributed by atoms with E-state index in [1.807, 2.05) is 13.0 Å². The van der Waals surface area contributed by atoms with Crippen molar-refractivity contribution in [2.75, 3.05) is 23.9 Å². The number of halogens is 1. The van der Waals surface area contributed by atoms with Crippen LogP contribution in [0.2, 0.25) is 5.02 Å². The zero-order valence-electron chi connectivity index (χ0n) is 20.3. The largest absolute Gasteiger partial charge is 0.465 e. The number of aromatic nitrogens is 1. The maximum Gasteiger partial charge on any atom is 0.341 e. The van der Waals surface area contributed by atoms with Gasteiger partial charge in [0, 0.05) is 16.4 Å². The van der Waals surface area contributed by atoms with E-state index in [0.717, 1.165) is 46.3 Å². The predicted molar refractivity (Wildman–Crippen MR) is 145 cm³/mol. The van der Waals surface area contributed by atoms with Crippen molar-refractivity contribution in [3.8, 4) is 0 Å². The highest BCUT2D eigenvalue weighted by Crippen LogP contribution is 2.38. The van der Waals surface area contributed by atoms with Crippen molar-refractivity contribution in [3.63, 3.8) is 0 Å². The van der Waals surface area contributed by atoms with Crippen molar-refractivity contribution < 1.29 is 27.5 Å². The third-order valence-corrected chi connectivity index (χ3v) is 9.81. The summed E-state index contributed by atoms with van der Waals surface area (Å²) in [6.45, 7) is 2.41. The molecule has 0 bridgehead atoms. The first-order valence-corrected chi connectivity index (χ1v) is 15.5. The van der Waals surface area contributed by atoms with Crippen LogP contribution in [0, 0.1) is 0 Å². The first kappa shape index (κ1) is 27.5. The topological polar surface area (TPSA) is 124 Å². The van der Waals surface area contributed by atoms with Gasteiger partial charge in [-0.3, -0.25) is 9.59 Å². The van der Waals surface area contributed by atoms with Gasteiger partial charge in [0.05, 0.1) is 22.9 Å². The van der Waals surface area contributed by atoms with E-state index in [1.54, 1.807) is 16.7 Å². The molecule has 0 radical (unpaired) electrons. The number of nitrogens with zero attached hydrogens (tertiary/aromatic N) is 2. The Morgan fingerprint density at radius 1 is 1.14 bits per heavy atom. The lowest BCUT2D eigenvalue weighted by atomic mass is 10.1. The summed E-state index contributed by atoms with van der Waals surface area (Å²) in [7, 11) is -2.85. The number of thiazole rings is 1. The molecular formula is C24H26ClN3O6S3. The predicted octanol–water partition coefficient (Wildman–Crippen LogP) is 3.97. The Morgan fingerprint density at radius 2 is 1.89 bits per heavy atom. The minimum Gasteiger partial charge on any atom is -0.465 e. The van der Waals surface area contributed by atoms with Crippen molar-refractivity contribution >= 4 is 77.1 Å². The van der Waals surface area contributed by atoms with Crippen molar-refractivity contribution in [2.45, 2.75) is 45.6 Å². The van der Waals surface area contributed by atoms with Gasteiger partial charge in [-0.2, -0.15) is 4.99 Å². The molecule has 2 amide bonds. The fourth-order valence-corrected chi connectivity index (χ4v) is 8.02. The number of nitrogens with one attached hydrogen (secondary N) is 1. The molecule has 0 unspecified atom stereocenters. The minimum atomic E-state index is -4.12. The van der Waals surface area contributed by atoms with Crippen LogP contribution in [0.25, 0.3) is 10.2 Å². The van der Waals surface area contributed by atoms with Crippen LogP contribution in [0.5, 0.6) is 0 Å². The molecule has 198 valence electrons. The molecule has 0 saturated carbocycles. The number of hydrogen-bond acceptors (Lipinski definition) is 8. The third-order valence-electron chi connectivity index (χ3n) is 5.94. The normalized spacial score (nSPS) is 14.3. The maximum absolute atomic E-state index is 12.7. The van der Waals surface area contributed by atoms with Gasteiger partial charge in [0.1, 0.15) is 16.5 Å². The van der Waals surface area contributed by atoms with Crippen molar-refractivity contribution in [2.24, 2.45) is 4.99 Å². The summed E-state index contributed by atoms with van der Waals surface area (Å²) < 4.78 is 32.9. The molecule has 1 aliphatic rings. The van der Waals surface area contributed by atoms with Crippen molar-refractivity contribution in [3.05, 3.63) is 44.0 Å². The standard InChI is InChI=1S/C24H26ClN3O6S3/c1-3-28-16-10-9-14(25)11-18(16)36-24(28)27-20(30)13-37(32,33)12-19(29)26-22-21(23(31)34-2)15-7-5-4-6-8-17(15)35-22/h9-11H,3-8,12-13H2,1-2H3,(H,26,29). The number of esters is 1. The van der Waals surface area contributed by atoms with Gasteiger partial charge in [-0.1, -0.05) is 29.4 Å². The lowest BCUT2D eigenvalue weighted by Gasteiger charge is -2.07. The number of rotatable bonds is 7. The van der Waals surface area contributed by atoms with E-state index in [1.165, 1.54) is 29.8 Å². The number of ether oxygens (including phenoxy) is 1. The molecule has 4 rings (SSSR count). The number of amides is 2. The SMILES string of the molecule is CCn1c(=NC(=O)CS(=O)(=O)CC(=O)Nc2sc3c(c2C(=O)OC)CCCCC3)sc2cc(Cl)ccc21. The smallest absolute Gasteiger partial charge is 0.341 e. The fraction of sp³-hybridized carbons (Fsp3) is 0.417. The molecule has 3 aromatic rings. The first-order valence-electron chi connectivity index (χ1n) is 11.7. The number of aryl methyl sites for hydroxylation is 2. The molecule has 13 heteroatoms. The Kier molecular flexibility index (Phi) is 8.52. The summed E-state index contributed by atoms with van der Waals surface area (Å²) in [5.74, 6) is -4.09. The van der Waals surface area contributed by atoms with Crippen molar-refractivity contribution in [1.29, 1.82) is 0 Å². The molecule has 2 aromatic heterocycles. The van der Waals surface area contributed by atoms with Crippen LogP contribution < -0.4 is 10.1 Å². The van der Waals surface area contributed by atoms with E-state index < -0.39 is 39.1 Å². The molecule has 1 aliphatic carbocycles. The number of carbonyl (C=O) groups is 3. The van der Waals surface area contributed by atoms with Crippen LogP contribution in [0.1, 0.15) is 47.0 Å². The highest BCUT2D eigenvalue weighted by atomic mass is 35.5. The number of benzene rings is 1. The lowest BCUT2D eigenvalue weighted by molar-refractivity contribution is -0.115. The van der Waals surface area contributed by atoms with Gasteiger partial charge in [-0.25, -0.2) is 13.2 Å². The molecule has 0 atom stereocenters. The lowest BCUT2D eigenvalue weighted by Crippen LogP contribution is -2.28. The molecule has 9 nitrogen and oxygen atoms in total. The van der Waals surface area contributed by atoms with Crippen LogP contribution in [0.3, 0.4) is 0 Å². The van der Waals surface area contributed by atoms with Gasteiger partial charge < -0.3 is 14.6 Å². The third kappa shape index (κ3) is 6.31. The second kappa shape index (κ2) is 11.5. The quantitative estimate of drug-likeness (QED) is 0.331. The molecule has 1 N–H and O–H groups in total. The molecule has 0 aliphatic heterocycles. The summed E-state index contributed by atoms with van der Waals surface area (Å²) in [4.78, 5) is 43.0. The Morgan fingerprint density at radius 3 is 2.62 bits per heavy atom. The Labute approximate surface area is 227 Å². The van der Waals surface area contributed by atoms with E-state index in [4.69, 9.17) is 16.3 Å². The second-order valence-corrected chi connectivity index (χ2v) is 13.2. The van der Waals surface area contributed by atoms with E-state index >= 15 is 0 Å². The number of anilines is 1. The average Bonchev–Trinajstić information content (AvgIpc) is 3.23. The van der Waals surface area contributed by atoms with Gasteiger partial charge in [0.15, 0.2) is 14.6 Å². The van der Waals surface area contributed by atoms with Gasteiger partial charge in [0.25, 0.3) is 5.91 Å². The van der Waals surface area contributed by atoms with E-state index in [0.29, 0.717) is 22.8 Å². The molecular weight excluding hydrogens is 558 g/mol. The summed E-state index contributed by atoms with van der Waals surface area (Å²) >= 11 is 8.55. The number of fused-ring (bicyclic) bond motifs is 2. The number of carbonyl (C=O) groups excluding carboxylic acids is 3. The first-order chi connectivity index (χ1) is 17.6. The molecule has 2 heterocycles. The maximum atomic E-state index is 12.7. The number of hydrogen-bond donors (Lipinski definition) is 1. The zero-order chi connectivity index (χ0) is 26.7. The minimum absolute atomic E-state index is 0.280. The highest BCUT2D eigenvalue weighted by Gasteiger charge is 2.28. The second-order valence-electron chi connectivity index (χ2n) is 8.59. The average molecular weight is 584 g/mol. The van der Waals surface area contributed by atoms with Gasteiger partial charge in [-0.05, 0) is 56.4 Å². The Hall–Kier alpha value is -2.54. The highest BCUT2D eigenvalue weighted by molar-refractivity contribution is 7.92. The Balaban J connectivity index is 1.50. The van der Waals surface area contributed by atoms with Crippen LogP contribution in [-0.4, -0.2) is 49.4 Å². The van der Waals surface area contributed by atoms with Gasteiger partial charge in [-0.15, -0.1) is 11.3 Å². The monoisotopic (exact) mass is 583 g/mol. The van der Waals surface area contributed by atoms with E-state index in [-0.39, 0.29) is 10.6 Å². The summed E-state index contributed by atoms with van der Waals surface area (Å²) in [6.07, 6.45) is 4.44. The molecule has 1 aromatic carbocycles. The molecule has 0 saturated heterocycles. The Bertz CT molecular complexity index is 1550. The van der Waals surface area contributed by atoms with E-state index in [2.05, 4.69) is 10.3 Å². The van der Waals surface area contributed by atoms with Crippen LogP contribution in [-0.2, 0) is 43.5 Å². The fourth-order valence-electron chi connectivity index (χ4n) is 4.33. The molecule has 37 heavy (non-hydrogen) atoms. The number of sulfone groups is 1. The van der Waals surface area contributed by atoms with Crippen LogP contribution in [0.4, 0.5) is 5.00 Å². The van der Waals surface area contributed by atoms with Gasteiger partial charge >= 0.3 is 5.97 Å². The van der Waals surface area contributed by atoms with Crippen LogP contribution >= 0.6 is 34.3 Å². The molecule has 0 fully saturated rings. The molecule has 0 spiro atoms. The number of methoxy groups -OCH3 is 1. The van der Waals surface area contributed by atoms with Crippen LogP contribution in [0.15, 0.2) is 23.2 Å². The van der Waals surface area contributed by atoms with Crippen molar-refractivity contribution in [1.82, 2.24) is 4.57 Å².